The summed E-state index contributed by atoms with van der Waals surface area (Å²) in [5, 5.41) is 47.6. The van der Waals surface area contributed by atoms with E-state index in [2.05, 4.69) is 15.8 Å². The van der Waals surface area contributed by atoms with E-state index in [1.54, 1.807) is 26.8 Å². The molecule has 2 fully saturated rings. The largest absolute Gasteiger partial charge is 0.459 e. The molecule has 2 heterocycles. The molecular formula is C45H76Cl2N4O11. The van der Waals surface area contributed by atoms with Crippen LogP contribution in [-0.2, 0) is 44.7 Å². The number of rotatable bonds is 19. The SMILES string of the molecule is CC[C@H]1OC(=O)[C@H](C)C(=O)[C@H](C)[C@@H](O[C@@H]2O[C@H](C)C[C@H](N(C)C)[C@H]2O)[C@@](C)(OC)C[C@@H](C)/C(=N\OCCNCCCOCCCNCc2cc(Cl)cc(Cl)c2)[C@H](C)[C@@H](O)[C@]1(C)O. The molecule has 17 heteroatoms. The lowest BCUT2D eigenvalue weighted by Crippen LogP contribution is -2.60. The predicted molar refractivity (Wildman–Crippen MR) is 240 cm³/mol. The molecule has 15 nitrogen and oxygen atoms in total. The molecule has 0 saturated carbocycles. The van der Waals surface area contributed by atoms with Gasteiger partial charge < -0.3 is 59.4 Å². The summed E-state index contributed by atoms with van der Waals surface area (Å²) in [6.07, 6.45) is -3.41. The number of carbonyl (C=O) groups excluding carboxylic acids is 2. The molecule has 1 aromatic rings. The number of oxime groups is 1. The first-order valence-corrected chi connectivity index (χ1v) is 22.9. The van der Waals surface area contributed by atoms with Crippen LogP contribution in [-0.4, -0.2) is 152 Å². The number of cyclic esters (lactones) is 1. The summed E-state index contributed by atoms with van der Waals surface area (Å²) < 4.78 is 30.6. The van der Waals surface area contributed by atoms with Gasteiger partial charge in [0.1, 0.15) is 30.3 Å². The number of likely N-dealkylation sites (N-methyl/N-ethyl adjacent to an activating group) is 1. The Hall–Kier alpha value is -1.99. The first kappa shape index (κ1) is 54.3. The van der Waals surface area contributed by atoms with Gasteiger partial charge in [0, 0.05) is 67.3 Å². The lowest BCUT2D eigenvalue weighted by atomic mass is 9.74. The van der Waals surface area contributed by atoms with Gasteiger partial charge in [0.15, 0.2) is 12.1 Å². The molecule has 2 saturated heterocycles. The van der Waals surface area contributed by atoms with Gasteiger partial charge in [0.2, 0.25) is 0 Å². The van der Waals surface area contributed by atoms with E-state index in [0.29, 0.717) is 55.0 Å². The number of Topliss-reactive ketones (excluding diaryl/α,β-unsaturated/α-hetero) is 1. The smallest absolute Gasteiger partial charge is 0.316 e. The van der Waals surface area contributed by atoms with Gasteiger partial charge in [-0.05, 0) is 111 Å². The number of nitrogens with zero attached hydrogens (tertiary/aromatic N) is 2. The van der Waals surface area contributed by atoms with Crippen molar-refractivity contribution in [1.82, 2.24) is 15.5 Å². The normalized spacial score (nSPS) is 34.9. The fourth-order valence-corrected chi connectivity index (χ4v) is 9.20. The Morgan fingerprint density at radius 2 is 1.56 bits per heavy atom. The number of hydrogen-bond donors (Lipinski definition) is 5. The number of halogens is 2. The van der Waals surface area contributed by atoms with Crippen molar-refractivity contribution < 1.29 is 53.4 Å². The second kappa shape index (κ2) is 25.6. The van der Waals surface area contributed by atoms with E-state index in [0.717, 1.165) is 24.9 Å². The number of nitrogens with one attached hydrogen (secondary N) is 2. The quantitative estimate of drug-likeness (QED) is 0.0539. The molecule has 0 amide bonds. The molecule has 0 radical (unpaired) electrons. The van der Waals surface area contributed by atoms with Gasteiger partial charge in [-0.25, -0.2) is 0 Å². The van der Waals surface area contributed by atoms with Crippen molar-refractivity contribution in [2.24, 2.45) is 28.8 Å². The zero-order valence-electron chi connectivity index (χ0n) is 38.8. The Labute approximate surface area is 379 Å². The summed E-state index contributed by atoms with van der Waals surface area (Å²) in [5.41, 5.74) is -1.69. The lowest BCUT2D eigenvalue weighted by Gasteiger charge is -2.47. The van der Waals surface area contributed by atoms with Crippen molar-refractivity contribution >= 4 is 40.7 Å². The third-order valence-electron chi connectivity index (χ3n) is 12.4. The zero-order valence-corrected chi connectivity index (χ0v) is 40.3. The van der Waals surface area contributed by atoms with Gasteiger partial charge in [0.05, 0.1) is 29.6 Å². The highest BCUT2D eigenvalue weighted by molar-refractivity contribution is 6.34. The molecule has 0 spiro atoms. The van der Waals surface area contributed by atoms with Crippen LogP contribution in [0.1, 0.15) is 93.1 Å². The second-order valence-electron chi connectivity index (χ2n) is 17.8. The minimum absolute atomic E-state index is 0.169. The maximum atomic E-state index is 14.2. The van der Waals surface area contributed by atoms with Gasteiger partial charge in [-0.1, -0.05) is 56.1 Å². The second-order valence-corrected chi connectivity index (χ2v) is 18.7. The lowest BCUT2D eigenvalue weighted by molar-refractivity contribution is -0.295. The van der Waals surface area contributed by atoms with Crippen LogP contribution in [0.2, 0.25) is 10.0 Å². The first-order chi connectivity index (χ1) is 29.2. The number of benzene rings is 1. The third-order valence-corrected chi connectivity index (χ3v) is 12.9. The van der Waals surface area contributed by atoms with Crippen molar-refractivity contribution in [2.45, 2.75) is 148 Å². The van der Waals surface area contributed by atoms with Crippen molar-refractivity contribution in [3.63, 3.8) is 0 Å². The van der Waals surface area contributed by atoms with E-state index in [4.69, 9.17) is 51.7 Å². The maximum absolute atomic E-state index is 14.2. The van der Waals surface area contributed by atoms with Crippen LogP contribution in [0.15, 0.2) is 23.4 Å². The highest BCUT2D eigenvalue weighted by atomic mass is 35.5. The summed E-state index contributed by atoms with van der Waals surface area (Å²) in [7, 11) is 5.27. The van der Waals surface area contributed by atoms with E-state index in [9.17, 15) is 24.9 Å². The topological polar surface area (TPSA) is 190 Å². The van der Waals surface area contributed by atoms with Crippen molar-refractivity contribution in [3.05, 3.63) is 33.8 Å². The summed E-state index contributed by atoms with van der Waals surface area (Å²) in [6.45, 7) is 17.8. The van der Waals surface area contributed by atoms with Crippen LogP contribution >= 0.6 is 23.2 Å². The van der Waals surface area contributed by atoms with Gasteiger partial charge in [-0.15, -0.1) is 0 Å². The monoisotopic (exact) mass is 918 g/mol. The highest BCUT2D eigenvalue weighted by Crippen LogP contribution is 2.38. The zero-order chi connectivity index (χ0) is 46.4. The molecule has 2 aliphatic rings. The maximum Gasteiger partial charge on any atom is 0.316 e. The molecule has 356 valence electrons. The highest BCUT2D eigenvalue weighted by Gasteiger charge is 2.51. The first-order valence-electron chi connectivity index (χ1n) is 22.2. The Kier molecular flexibility index (Phi) is 22.5. The van der Waals surface area contributed by atoms with E-state index < -0.39 is 77.3 Å². The Bertz CT molecular complexity index is 1550. The number of esters is 1. The molecule has 0 unspecified atom stereocenters. The average molecular weight is 920 g/mol. The van der Waals surface area contributed by atoms with E-state index in [1.807, 2.05) is 51.9 Å². The van der Waals surface area contributed by atoms with Crippen molar-refractivity contribution in [1.29, 1.82) is 0 Å². The predicted octanol–water partition coefficient (Wildman–Crippen LogP) is 5.01. The number of hydrogen-bond acceptors (Lipinski definition) is 15. The van der Waals surface area contributed by atoms with Crippen LogP contribution in [0.5, 0.6) is 0 Å². The summed E-state index contributed by atoms with van der Waals surface area (Å²) in [6, 6.07) is 5.22. The van der Waals surface area contributed by atoms with Gasteiger partial charge in [-0.2, -0.15) is 0 Å². The fraction of sp³-hybridized carbons (Fsp3) is 0.800. The standard InChI is InChI=1S/C45H76Cl2N4O11/c1-12-36-45(8,56)40(54)29(4)37(50-59-20-17-48-15-13-18-58-19-14-16-49-26-32-22-33(46)24-34(47)23-32)27(2)25-44(7,57-11)41(30(5)38(52)31(6)42(55)61-36)62-43-39(53)35(51(9)10)21-28(3)60-43/h22-24,27-31,35-36,39-41,43,48-49,53-54,56H,12-21,25-26H2,1-11H3/b50-37+/t27-,28-,29+,30+,31-,35+,36-,39-,40-,41-,43+,44+,45-/m1/s1. The van der Waals surface area contributed by atoms with Crippen molar-refractivity contribution in [3.8, 4) is 0 Å². The molecule has 5 N–H and O–H groups in total. The molecule has 1 aromatic carbocycles. The third kappa shape index (κ3) is 15.3. The molecule has 0 aromatic heterocycles. The van der Waals surface area contributed by atoms with Gasteiger partial charge in [-0.3, -0.25) is 9.59 Å². The minimum atomic E-state index is -1.92. The van der Waals surface area contributed by atoms with Gasteiger partial charge >= 0.3 is 5.97 Å². The van der Waals surface area contributed by atoms with Crippen LogP contribution in [0.4, 0.5) is 0 Å². The Morgan fingerprint density at radius 3 is 2.16 bits per heavy atom. The average Bonchev–Trinajstić information content (AvgIpc) is 3.21. The number of methoxy groups -OCH3 is 1. The summed E-state index contributed by atoms with van der Waals surface area (Å²) >= 11 is 12.2. The van der Waals surface area contributed by atoms with Crippen LogP contribution in [0, 0.1) is 23.7 Å². The summed E-state index contributed by atoms with van der Waals surface area (Å²) in [4.78, 5) is 35.6. The van der Waals surface area contributed by atoms with Gasteiger partial charge in [0.25, 0.3) is 0 Å². The summed E-state index contributed by atoms with van der Waals surface area (Å²) in [5.74, 6) is -4.74. The minimum Gasteiger partial charge on any atom is -0.459 e. The Morgan fingerprint density at radius 1 is 0.935 bits per heavy atom. The molecule has 2 aliphatic heterocycles. The number of aliphatic hydroxyl groups is 3. The fourth-order valence-electron chi connectivity index (χ4n) is 8.63. The molecule has 62 heavy (non-hydrogen) atoms. The Balaban J connectivity index is 1.72. The number of ketones is 1. The molecule has 13 atom stereocenters. The molecular weight excluding hydrogens is 843 g/mol. The van der Waals surface area contributed by atoms with Crippen LogP contribution in [0.25, 0.3) is 0 Å². The number of ether oxygens (including phenoxy) is 5. The number of aliphatic hydroxyl groups excluding tert-OH is 2. The number of carbonyl (C=O) groups is 2. The van der Waals surface area contributed by atoms with E-state index >= 15 is 0 Å². The van der Waals surface area contributed by atoms with E-state index in [-0.39, 0.29) is 31.6 Å². The molecule has 0 aliphatic carbocycles. The molecule has 3 rings (SSSR count). The van der Waals surface area contributed by atoms with Crippen LogP contribution < -0.4 is 10.6 Å². The molecule has 0 bridgehead atoms. The van der Waals surface area contributed by atoms with E-state index in [1.165, 1.54) is 21.0 Å². The van der Waals surface area contributed by atoms with Crippen molar-refractivity contribution in [2.75, 3.05) is 60.7 Å². The van der Waals surface area contributed by atoms with Crippen LogP contribution in [0.3, 0.4) is 0 Å².